The van der Waals surface area contributed by atoms with Crippen molar-refractivity contribution in [2.24, 2.45) is 0 Å². The molecule has 0 atom stereocenters. The molecule has 20 heavy (non-hydrogen) atoms. The monoisotopic (exact) mass is 331 g/mol. The molecule has 110 valence electrons. The molecule has 0 saturated carbocycles. The second-order valence-electron chi connectivity index (χ2n) is 4.14. The molecule has 0 fully saturated rings. The summed E-state index contributed by atoms with van der Waals surface area (Å²) in [6.07, 6.45) is 2.71. The number of rotatable bonds is 7. The van der Waals surface area contributed by atoms with Gasteiger partial charge in [-0.05, 0) is 24.9 Å². The van der Waals surface area contributed by atoms with Crippen molar-refractivity contribution in [3.05, 3.63) is 32.4 Å². The smallest absolute Gasteiger partial charge is 0.242 e. The molecule has 0 aromatic carbocycles. The highest BCUT2D eigenvalue weighted by atomic mass is 32.2. The number of thiazole rings is 1. The summed E-state index contributed by atoms with van der Waals surface area (Å²) in [4.78, 5) is 6.53. The van der Waals surface area contributed by atoms with E-state index >= 15 is 0 Å². The molecule has 2 N–H and O–H groups in total. The maximum atomic E-state index is 12.3. The Morgan fingerprint density at radius 3 is 2.80 bits per heavy atom. The van der Waals surface area contributed by atoms with Crippen LogP contribution in [0, 0.1) is 0 Å². The van der Waals surface area contributed by atoms with E-state index in [1.165, 1.54) is 22.7 Å². The van der Waals surface area contributed by atoms with Gasteiger partial charge in [-0.1, -0.05) is 6.92 Å². The Morgan fingerprint density at radius 2 is 2.15 bits per heavy atom. The first-order valence-corrected chi connectivity index (χ1v) is 9.39. The van der Waals surface area contributed by atoms with Crippen LogP contribution in [0.15, 0.2) is 22.5 Å². The second kappa shape index (κ2) is 6.77. The minimum absolute atomic E-state index is 0.238. The molecule has 0 amide bonds. The predicted octanol–water partition coefficient (Wildman–Crippen LogP) is 1.96. The Labute approximate surface area is 127 Å². The third-order valence-electron chi connectivity index (χ3n) is 2.69. The fourth-order valence-electron chi connectivity index (χ4n) is 1.69. The van der Waals surface area contributed by atoms with Gasteiger partial charge in [-0.3, -0.25) is 0 Å². The zero-order valence-corrected chi connectivity index (χ0v) is 13.8. The Balaban J connectivity index is 2.08. The zero-order chi connectivity index (χ0) is 14.6. The summed E-state index contributed by atoms with van der Waals surface area (Å²) in [7, 11) is -1.68. The average Bonchev–Trinajstić information content (AvgIpc) is 3.05. The topological polar surface area (TPSA) is 71.1 Å². The Kier molecular flexibility index (Phi) is 5.28. The van der Waals surface area contributed by atoms with E-state index in [0.29, 0.717) is 11.4 Å². The van der Waals surface area contributed by atoms with Crippen LogP contribution in [0.5, 0.6) is 0 Å². The minimum Gasteiger partial charge on any atom is -0.315 e. The summed E-state index contributed by atoms with van der Waals surface area (Å²) in [6.45, 7) is 2.84. The van der Waals surface area contributed by atoms with Gasteiger partial charge in [0.25, 0.3) is 0 Å². The van der Waals surface area contributed by atoms with Gasteiger partial charge in [0.2, 0.25) is 10.0 Å². The molecule has 0 bridgehead atoms. The van der Waals surface area contributed by atoms with Crippen LogP contribution in [0.1, 0.15) is 21.7 Å². The summed E-state index contributed by atoms with van der Waals surface area (Å²) in [5.74, 6) is 0. The number of nitrogens with one attached hydrogen (secondary N) is 2. The number of aromatic nitrogens is 1. The molecule has 8 heteroatoms. The van der Waals surface area contributed by atoms with E-state index in [-0.39, 0.29) is 6.54 Å². The molecule has 2 rings (SSSR count). The highest BCUT2D eigenvalue weighted by molar-refractivity contribution is 7.89. The normalized spacial score (nSPS) is 11.9. The Hall–Kier alpha value is -0.800. The van der Waals surface area contributed by atoms with Crippen molar-refractivity contribution in [3.8, 4) is 0 Å². The van der Waals surface area contributed by atoms with Crippen LogP contribution in [-0.2, 0) is 29.5 Å². The lowest BCUT2D eigenvalue weighted by Crippen LogP contribution is -2.24. The van der Waals surface area contributed by atoms with Gasteiger partial charge in [-0.15, -0.1) is 22.7 Å². The first-order valence-electron chi connectivity index (χ1n) is 6.21. The van der Waals surface area contributed by atoms with Crippen LogP contribution >= 0.6 is 22.7 Å². The molecular weight excluding hydrogens is 314 g/mol. The van der Waals surface area contributed by atoms with E-state index < -0.39 is 10.0 Å². The number of hydrogen-bond donors (Lipinski definition) is 2. The molecule has 0 saturated heterocycles. The number of aryl methyl sites for hydroxylation is 1. The molecule has 0 aliphatic rings. The molecule has 0 radical (unpaired) electrons. The van der Waals surface area contributed by atoms with Gasteiger partial charge in [-0.2, -0.15) is 0 Å². The van der Waals surface area contributed by atoms with E-state index in [2.05, 4.69) is 21.9 Å². The molecule has 0 aliphatic heterocycles. The van der Waals surface area contributed by atoms with Crippen molar-refractivity contribution in [1.82, 2.24) is 15.0 Å². The summed E-state index contributed by atoms with van der Waals surface area (Å²) in [6, 6.07) is 1.64. The fourth-order valence-corrected chi connectivity index (χ4v) is 5.02. The van der Waals surface area contributed by atoms with Crippen molar-refractivity contribution in [2.75, 3.05) is 7.05 Å². The fraction of sp³-hybridized carbons (Fsp3) is 0.417. The lowest BCUT2D eigenvalue weighted by atomic mass is 10.4. The molecular formula is C12H17N3O2S3. The van der Waals surface area contributed by atoms with Crippen LogP contribution in [-0.4, -0.2) is 20.4 Å². The molecule has 2 aromatic rings. The van der Waals surface area contributed by atoms with Gasteiger partial charge in [0.1, 0.15) is 5.01 Å². The zero-order valence-electron chi connectivity index (χ0n) is 11.3. The minimum atomic E-state index is -3.48. The quantitative estimate of drug-likeness (QED) is 0.814. The predicted molar refractivity (Wildman–Crippen MR) is 82.6 cm³/mol. The van der Waals surface area contributed by atoms with E-state index in [0.717, 1.165) is 21.2 Å². The SMILES string of the molecule is CCc1cnc(CNS(=O)(=O)c2ccsc2CNC)s1. The van der Waals surface area contributed by atoms with Crippen LogP contribution in [0.3, 0.4) is 0 Å². The van der Waals surface area contributed by atoms with E-state index in [1.54, 1.807) is 24.7 Å². The van der Waals surface area contributed by atoms with E-state index in [1.807, 2.05) is 0 Å². The van der Waals surface area contributed by atoms with Crippen molar-refractivity contribution in [1.29, 1.82) is 0 Å². The molecule has 2 heterocycles. The van der Waals surface area contributed by atoms with Crippen LogP contribution < -0.4 is 10.0 Å². The number of hydrogen-bond acceptors (Lipinski definition) is 6. The lowest BCUT2D eigenvalue weighted by Gasteiger charge is -2.06. The maximum absolute atomic E-state index is 12.3. The molecule has 0 aliphatic carbocycles. The van der Waals surface area contributed by atoms with Crippen molar-refractivity contribution >= 4 is 32.7 Å². The van der Waals surface area contributed by atoms with Crippen LogP contribution in [0.2, 0.25) is 0 Å². The molecule has 0 unspecified atom stereocenters. The Morgan fingerprint density at radius 1 is 1.35 bits per heavy atom. The molecule has 0 spiro atoms. The largest absolute Gasteiger partial charge is 0.315 e. The van der Waals surface area contributed by atoms with Gasteiger partial charge in [0.05, 0.1) is 11.4 Å². The molecule has 2 aromatic heterocycles. The van der Waals surface area contributed by atoms with Crippen molar-refractivity contribution < 1.29 is 8.42 Å². The highest BCUT2D eigenvalue weighted by Crippen LogP contribution is 2.22. The highest BCUT2D eigenvalue weighted by Gasteiger charge is 2.19. The van der Waals surface area contributed by atoms with Crippen LogP contribution in [0.25, 0.3) is 0 Å². The standard InChI is InChI=1S/C12H17N3O2S3/c1-3-9-6-14-12(19-9)8-15-20(16,17)11-4-5-18-10(11)7-13-2/h4-6,13,15H,3,7-8H2,1-2H3. The van der Waals surface area contributed by atoms with E-state index in [4.69, 9.17) is 0 Å². The number of thiophene rings is 1. The van der Waals surface area contributed by atoms with Gasteiger partial charge in [0.15, 0.2) is 0 Å². The number of sulfonamides is 1. The van der Waals surface area contributed by atoms with Gasteiger partial charge >= 0.3 is 0 Å². The number of nitrogens with zero attached hydrogens (tertiary/aromatic N) is 1. The van der Waals surface area contributed by atoms with Crippen molar-refractivity contribution in [3.63, 3.8) is 0 Å². The summed E-state index contributed by atoms with van der Waals surface area (Å²) < 4.78 is 27.2. The third-order valence-corrected chi connectivity index (χ3v) is 6.37. The van der Waals surface area contributed by atoms with Gasteiger partial charge in [0, 0.05) is 22.5 Å². The van der Waals surface area contributed by atoms with E-state index in [9.17, 15) is 8.42 Å². The molecule has 5 nitrogen and oxygen atoms in total. The maximum Gasteiger partial charge on any atom is 0.242 e. The van der Waals surface area contributed by atoms with Crippen LogP contribution in [0.4, 0.5) is 0 Å². The Bertz CT molecular complexity index is 661. The van der Waals surface area contributed by atoms with Gasteiger partial charge in [-0.25, -0.2) is 18.1 Å². The summed E-state index contributed by atoms with van der Waals surface area (Å²) in [5.41, 5.74) is 0. The summed E-state index contributed by atoms with van der Waals surface area (Å²) in [5, 5.41) is 5.55. The van der Waals surface area contributed by atoms with Gasteiger partial charge < -0.3 is 5.32 Å². The third kappa shape index (κ3) is 3.64. The first kappa shape index (κ1) is 15.6. The second-order valence-corrected chi connectivity index (χ2v) is 8.07. The lowest BCUT2D eigenvalue weighted by molar-refractivity contribution is 0.580. The first-order chi connectivity index (χ1) is 9.56. The van der Waals surface area contributed by atoms with Crippen molar-refractivity contribution in [2.45, 2.75) is 31.3 Å². The summed E-state index contributed by atoms with van der Waals surface area (Å²) >= 11 is 2.97. The average molecular weight is 331 g/mol.